The van der Waals surface area contributed by atoms with Gasteiger partial charge in [-0.3, -0.25) is 0 Å². The van der Waals surface area contributed by atoms with Crippen molar-refractivity contribution in [2.45, 2.75) is 0 Å². The second-order valence-electron chi connectivity index (χ2n) is 1.23. The van der Waals surface area contributed by atoms with Crippen LogP contribution in [0.25, 0.3) is 0 Å². The third-order valence-electron chi connectivity index (χ3n) is 0.496. The van der Waals surface area contributed by atoms with Crippen molar-refractivity contribution < 1.29 is 18.0 Å². The van der Waals surface area contributed by atoms with Crippen molar-refractivity contribution in [2.75, 3.05) is 5.75 Å². The first-order chi connectivity index (χ1) is 4.12. The van der Waals surface area contributed by atoms with Crippen LogP contribution in [-0.4, -0.2) is 14.2 Å². The molecule has 6 heteroatoms. The molecule has 0 atom stereocenters. The van der Waals surface area contributed by atoms with E-state index in [2.05, 4.69) is 11.6 Å². The Hall–Kier alpha value is -0.460. The van der Waals surface area contributed by atoms with E-state index in [1.54, 1.807) is 0 Å². The van der Waals surface area contributed by atoms with E-state index in [-0.39, 0.29) is 5.75 Å². The molecule has 0 aliphatic carbocycles. The molecule has 54 valence electrons. The molecule has 0 radical (unpaired) electrons. The van der Waals surface area contributed by atoms with Crippen LogP contribution >= 0.6 is 0 Å². The number of nitrogens with one attached hydrogen (secondary N) is 1. The number of sulfonamides is 1. The Morgan fingerprint density at radius 3 is 2.67 bits per heavy atom. The quantitative estimate of drug-likeness (QED) is 0.456. The van der Waals surface area contributed by atoms with Gasteiger partial charge in [-0.15, -0.1) is 6.58 Å². The van der Waals surface area contributed by atoms with E-state index >= 15 is 0 Å². The van der Waals surface area contributed by atoms with Crippen molar-refractivity contribution in [2.24, 2.45) is 0 Å². The lowest BCUT2D eigenvalue weighted by Crippen LogP contribution is -2.22. The van der Waals surface area contributed by atoms with Crippen LogP contribution in [0.15, 0.2) is 12.7 Å². The Balaban J connectivity index is 3.88. The predicted octanol–water partition coefficient (Wildman–Crippen LogP) is -0.0921. The molecule has 0 rings (SSSR count). The summed E-state index contributed by atoms with van der Waals surface area (Å²) in [7, 11) is -3.65. The maximum Gasteiger partial charge on any atom is 0.239 e. The molecule has 0 aliphatic rings. The molecular formula is C3H6FNO3S. The highest BCUT2D eigenvalue weighted by Crippen LogP contribution is 1.83. The molecule has 0 aliphatic heterocycles. The molecule has 0 aromatic carbocycles. The average Bonchev–Trinajstić information content (AvgIpc) is 1.64. The number of hydrogen-bond acceptors (Lipinski definition) is 3. The molecule has 1 N–H and O–H groups in total. The van der Waals surface area contributed by atoms with Crippen molar-refractivity contribution in [3.63, 3.8) is 0 Å². The van der Waals surface area contributed by atoms with E-state index in [0.717, 1.165) is 11.0 Å². The van der Waals surface area contributed by atoms with Crippen molar-refractivity contribution in [3.05, 3.63) is 12.7 Å². The highest BCUT2D eigenvalue weighted by atomic mass is 32.2. The molecule has 0 bridgehead atoms. The summed E-state index contributed by atoms with van der Waals surface area (Å²) < 4.78 is 31.4. The molecule has 0 fully saturated rings. The fourth-order valence-electron chi connectivity index (χ4n) is 0.237. The highest BCUT2D eigenvalue weighted by Gasteiger charge is 2.05. The molecule has 0 unspecified atom stereocenters. The Bertz CT molecular complexity index is 175. The van der Waals surface area contributed by atoms with Gasteiger partial charge in [0.05, 0.1) is 5.75 Å². The minimum atomic E-state index is -3.65. The third kappa shape index (κ3) is 4.07. The summed E-state index contributed by atoms with van der Waals surface area (Å²) >= 11 is 0. The lowest BCUT2D eigenvalue weighted by Gasteiger charge is -1.94. The van der Waals surface area contributed by atoms with Crippen LogP contribution in [0.3, 0.4) is 0 Å². The van der Waals surface area contributed by atoms with Gasteiger partial charge in [-0.25, -0.2) is 8.42 Å². The van der Waals surface area contributed by atoms with Crippen molar-refractivity contribution >= 4 is 10.0 Å². The van der Waals surface area contributed by atoms with Gasteiger partial charge in [0.1, 0.15) is 0 Å². The van der Waals surface area contributed by atoms with Gasteiger partial charge in [-0.05, 0) is 4.53 Å². The van der Waals surface area contributed by atoms with Crippen molar-refractivity contribution in [1.82, 2.24) is 4.89 Å². The Labute approximate surface area is 52.2 Å². The fraction of sp³-hybridized carbons (Fsp3) is 0.333. The van der Waals surface area contributed by atoms with Gasteiger partial charge in [-0.2, -0.15) is 0 Å². The van der Waals surface area contributed by atoms with Gasteiger partial charge in [0.25, 0.3) is 0 Å². The molecule has 0 saturated heterocycles. The molecule has 0 heterocycles. The van der Waals surface area contributed by atoms with Crippen LogP contribution in [0.1, 0.15) is 0 Å². The Morgan fingerprint density at radius 2 is 2.33 bits per heavy atom. The minimum Gasteiger partial charge on any atom is -0.210 e. The summed E-state index contributed by atoms with van der Waals surface area (Å²) in [6.07, 6.45) is 1.11. The summed E-state index contributed by atoms with van der Waals surface area (Å²) in [5.74, 6) is -0.364. The zero-order chi connectivity index (χ0) is 7.33. The van der Waals surface area contributed by atoms with Gasteiger partial charge < -0.3 is 0 Å². The van der Waals surface area contributed by atoms with Crippen LogP contribution in [0.5, 0.6) is 0 Å². The van der Waals surface area contributed by atoms with E-state index < -0.39 is 10.0 Å². The van der Waals surface area contributed by atoms with Gasteiger partial charge in [0.15, 0.2) is 0 Å². The predicted molar refractivity (Wildman–Crippen MR) is 29.3 cm³/mol. The molecular weight excluding hydrogens is 149 g/mol. The average molecular weight is 155 g/mol. The van der Waals surface area contributed by atoms with E-state index in [9.17, 15) is 12.9 Å². The normalized spacial score (nSPS) is 11.2. The largest absolute Gasteiger partial charge is 0.239 e. The lowest BCUT2D eigenvalue weighted by atomic mass is 10.8. The summed E-state index contributed by atoms with van der Waals surface area (Å²) in [4.78, 5) is 1.16. The van der Waals surface area contributed by atoms with E-state index in [4.69, 9.17) is 0 Å². The number of hydrogen-bond donors (Lipinski definition) is 1. The molecule has 9 heavy (non-hydrogen) atoms. The van der Waals surface area contributed by atoms with E-state index in [0.29, 0.717) is 0 Å². The number of rotatable bonds is 4. The SMILES string of the molecule is C=CCS(=O)(=O)NOF. The van der Waals surface area contributed by atoms with Crippen LogP contribution in [0.4, 0.5) is 4.53 Å². The second kappa shape index (κ2) is 3.54. The van der Waals surface area contributed by atoms with Crippen molar-refractivity contribution in [1.29, 1.82) is 0 Å². The summed E-state index contributed by atoms with van der Waals surface area (Å²) in [5.41, 5.74) is 0. The summed E-state index contributed by atoms with van der Waals surface area (Å²) in [6, 6.07) is 0. The minimum absolute atomic E-state index is 0.364. The Kier molecular flexibility index (Phi) is 3.36. The maximum atomic E-state index is 10.8. The molecule has 0 amide bonds. The van der Waals surface area contributed by atoms with Crippen LogP contribution < -0.4 is 4.89 Å². The molecule has 0 aromatic rings. The fourth-order valence-corrected chi connectivity index (χ4v) is 0.711. The van der Waals surface area contributed by atoms with Crippen LogP contribution in [0, 0.1) is 0 Å². The first-order valence-electron chi connectivity index (χ1n) is 2.00. The zero-order valence-corrected chi connectivity index (χ0v) is 5.32. The monoisotopic (exact) mass is 155 g/mol. The molecule has 4 nitrogen and oxygen atoms in total. The van der Waals surface area contributed by atoms with Gasteiger partial charge in [0.2, 0.25) is 10.0 Å². The molecule has 0 spiro atoms. The van der Waals surface area contributed by atoms with Crippen molar-refractivity contribution in [3.8, 4) is 0 Å². The van der Waals surface area contributed by atoms with E-state index in [1.807, 2.05) is 0 Å². The van der Waals surface area contributed by atoms with Gasteiger partial charge >= 0.3 is 0 Å². The summed E-state index contributed by atoms with van der Waals surface area (Å²) in [6.45, 7) is 3.13. The first kappa shape index (κ1) is 8.54. The molecule has 0 saturated carbocycles. The van der Waals surface area contributed by atoms with Gasteiger partial charge in [0, 0.05) is 0 Å². The maximum absolute atomic E-state index is 10.8. The smallest absolute Gasteiger partial charge is 0.210 e. The van der Waals surface area contributed by atoms with Crippen LogP contribution in [-0.2, 0) is 15.1 Å². The Morgan fingerprint density at radius 1 is 1.78 bits per heavy atom. The highest BCUT2D eigenvalue weighted by molar-refractivity contribution is 7.89. The number of halogens is 1. The topological polar surface area (TPSA) is 55.4 Å². The molecule has 0 aromatic heterocycles. The third-order valence-corrected chi connectivity index (χ3v) is 1.49. The second-order valence-corrected chi connectivity index (χ2v) is 2.96. The standard InChI is InChI=1S/C3H6FNO3S/c1-2-3-9(6,7)5-8-4/h2,5H,1,3H2. The lowest BCUT2D eigenvalue weighted by molar-refractivity contribution is -0.162. The van der Waals surface area contributed by atoms with Gasteiger partial charge in [-0.1, -0.05) is 16.0 Å². The summed E-state index contributed by atoms with van der Waals surface area (Å²) in [5, 5.41) is 2.67. The van der Waals surface area contributed by atoms with Crippen LogP contribution in [0.2, 0.25) is 0 Å². The zero-order valence-electron chi connectivity index (χ0n) is 4.50. The first-order valence-corrected chi connectivity index (χ1v) is 3.65. The van der Waals surface area contributed by atoms with E-state index in [1.165, 1.54) is 0 Å².